The lowest BCUT2D eigenvalue weighted by molar-refractivity contribution is -0.147. The highest BCUT2D eigenvalue weighted by Crippen LogP contribution is 2.33. The molecule has 1 saturated heterocycles. The van der Waals surface area contributed by atoms with E-state index in [1.165, 1.54) is 30.1 Å². The number of nitrogens with zero attached hydrogens (tertiary/aromatic N) is 2. The zero-order valence-corrected chi connectivity index (χ0v) is 16.2. The van der Waals surface area contributed by atoms with Crippen molar-refractivity contribution in [2.24, 2.45) is 0 Å². The van der Waals surface area contributed by atoms with Crippen LogP contribution in [0, 0.1) is 0 Å². The van der Waals surface area contributed by atoms with Crippen molar-refractivity contribution in [1.29, 1.82) is 0 Å². The Morgan fingerprint density at radius 3 is 2.38 bits per heavy atom. The molecule has 1 fully saturated rings. The highest BCUT2D eigenvalue weighted by molar-refractivity contribution is 5.89. The average molecular weight is 404 g/mol. The number of hydrogen-bond donors (Lipinski definition) is 0. The molecule has 1 heterocycles. The summed E-state index contributed by atoms with van der Waals surface area (Å²) in [4.78, 5) is 28.6. The van der Waals surface area contributed by atoms with Crippen LogP contribution in [0.25, 0.3) is 0 Å². The third-order valence-corrected chi connectivity index (χ3v) is 5.13. The Labute approximate surface area is 167 Å². The lowest BCUT2D eigenvalue weighted by Crippen LogP contribution is -2.46. The van der Waals surface area contributed by atoms with Crippen molar-refractivity contribution in [2.75, 3.05) is 13.6 Å². The van der Waals surface area contributed by atoms with Gasteiger partial charge in [0.2, 0.25) is 11.8 Å². The topological polar surface area (TPSA) is 40.6 Å². The van der Waals surface area contributed by atoms with Gasteiger partial charge in [0, 0.05) is 26.6 Å². The first kappa shape index (κ1) is 20.9. The van der Waals surface area contributed by atoms with Gasteiger partial charge in [-0.2, -0.15) is 13.2 Å². The van der Waals surface area contributed by atoms with Gasteiger partial charge < -0.3 is 9.80 Å². The number of benzene rings is 2. The Morgan fingerprint density at radius 1 is 1.07 bits per heavy atom. The van der Waals surface area contributed by atoms with E-state index in [4.69, 9.17) is 0 Å². The minimum Gasteiger partial charge on any atom is -0.339 e. The molecular weight excluding hydrogens is 381 g/mol. The molecule has 0 radical (unpaired) electrons. The van der Waals surface area contributed by atoms with Gasteiger partial charge in [-0.15, -0.1) is 0 Å². The third kappa shape index (κ3) is 4.78. The lowest BCUT2D eigenvalue weighted by atomic mass is 9.99. The molecule has 2 aromatic carbocycles. The molecule has 2 aromatic rings. The fourth-order valence-electron chi connectivity index (χ4n) is 3.67. The summed E-state index contributed by atoms with van der Waals surface area (Å²) in [6, 6.07) is 13.3. The third-order valence-electron chi connectivity index (χ3n) is 5.13. The molecule has 29 heavy (non-hydrogen) atoms. The minimum atomic E-state index is -4.50. The first-order valence-electron chi connectivity index (χ1n) is 9.53. The number of amides is 2. The summed E-state index contributed by atoms with van der Waals surface area (Å²) in [6.07, 6.45) is -2.55. The molecule has 4 nitrogen and oxygen atoms in total. The van der Waals surface area contributed by atoms with Crippen LogP contribution < -0.4 is 0 Å². The highest BCUT2D eigenvalue weighted by atomic mass is 19.4. The summed E-state index contributed by atoms with van der Waals surface area (Å²) >= 11 is 0. The predicted octanol–water partition coefficient (Wildman–Crippen LogP) is 4.42. The Balaban J connectivity index is 1.89. The summed E-state index contributed by atoms with van der Waals surface area (Å²) in [5.41, 5.74) is -0.0821. The second-order valence-electron chi connectivity index (χ2n) is 7.21. The average Bonchev–Trinajstić information content (AvgIpc) is 2.70. The van der Waals surface area contributed by atoms with Crippen LogP contribution in [0.2, 0.25) is 0 Å². The molecule has 3 rings (SSSR count). The molecule has 0 aliphatic carbocycles. The molecule has 1 unspecified atom stereocenters. The van der Waals surface area contributed by atoms with Crippen molar-refractivity contribution >= 4 is 11.8 Å². The molecule has 2 amide bonds. The van der Waals surface area contributed by atoms with Crippen molar-refractivity contribution in [3.63, 3.8) is 0 Å². The fourth-order valence-corrected chi connectivity index (χ4v) is 3.67. The van der Waals surface area contributed by atoms with Gasteiger partial charge in [0.1, 0.15) is 6.04 Å². The van der Waals surface area contributed by atoms with E-state index in [1.54, 1.807) is 29.2 Å². The van der Waals surface area contributed by atoms with E-state index in [0.717, 1.165) is 18.9 Å². The summed E-state index contributed by atoms with van der Waals surface area (Å²) in [5.74, 6) is -0.508. The standard InChI is InChI=1S/C22H23F3N2O2/c1-26(15-17-11-5-6-12-18(17)22(23,24)25)21(29)20(16-9-3-2-4-10-16)27-14-8-7-13-19(27)28/h2-6,9-12,20H,7-8,13-15H2,1H3. The maximum Gasteiger partial charge on any atom is 0.416 e. The largest absolute Gasteiger partial charge is 0.416 e. The van der Waals surface area contributed by atoms with E-state index in [2.05, 4.69) is 0 Å². The van der Waals surface area contributed by atoms with Crippen LogP contribution in [0.15, 0.2) is 54.6 Å². The number of halogens is 3. The molecule has 154 valence electrons. The van der Waals surface area contributed by atoms with Crippen LogP contribution in [0.5, 0.6) is 0 Å². The summed E-state index contributed by atoms with van der Waals surface area (Å²) in [6.45, 7) is 0.261. The first-order chi connectivity index (χ1) is 13.8. The van der Waals surface area contributed by atoms with Gasteiger partial charge in [0.15, 0.2) is 0 Å². The Morgan fingerprint density at radius 2 is 1.72 bits per heavy atom. The molecule has 0 saturated carbocycles. The van der Waals surface area contributed by atoms with E-state index in [9.17, 15) is 22.8 Å². The number of carbonyl (C=O) groups is 2. The molecular formula is C22H23F3N2O2. The van der Waals surface area contributed by atoms with Crippen molar-refractivity contribution in [1.82, 2.24) is 9.80 Å². The Hall–Kier alpha value is -2.83. The molecule has 0 bridgehead atoms. The number of piperidine rings is 1. The molecule has 1 aliphatic heterocycles. The Kier molecular flexibility index (Phi) is 6.25. The predicted molar refractivity (Wildman–Crippen MR) is 103 cm³/mol. The van der Waals surface area contributed by atoms with Gasteiger partial charge >= 0.3 is 6.18 Å². The number of hydrogen-bond acceptors (Lipinski definition) is 2. The minimum absolute atomic E-state index is 0.0210. The van der Waals surface area contributed by atoms with Crippen molar-refractivity contribution < 1.29 is 22.8 Å². The van der Waals surface area contributed by atoms with Crippen molar-refractivity contribution in [2.45, 2.75) is 38.0 Å². The van der Waals surface area contributed by atoms with Crippen LogP contribution in [0.3, 0.4) is 0 Å². The number of rotatable bonds is 5. The van der Waals surface area contributed by atoms with Crippen LogP contribution in [0.4, 0.5) is 13.2 Å². The quantitative estimate of drug-likeness (QED) is 0.740. The SMILES string of the molecule is CN(Cc1ccccc1C(F)(F)F)C(=O)C(c1ccccc1)N1CCCCC1=O. The van der Waals surface area contributed by atoms with Gasteiger partial charge in [-0.1, -0.05) is 48.5 Å². The van der Waals surface area contributed by atoms with E-state index < -0.39 is 23.7 Å². The summed E-state index contributed by atoms with van der Waals surface area (Å²) in [7, 11) is 1.47. The number of carbonyl (C=O) groups excluding carboxylic acids is 2. The van der Waals surface area contributed by atoms with Gasteiger partial charge in [-0.05, 0) is 30.0 Å². The smallest absolute Gasteiger partial charge is 0.339 e. The monoisotopic (exact) mass is 404 g/mol. The normalized spacial score (nSPS) is 15.9. The summed E-state index contributed by atoms with van der Waals surface area (Å²) in [5, 5.41) is 0. The van der Waals surface area contributed by atoms with Gasteiger partial charge in [-0.25, -0.2) is 0 Å². The van der Waals surface area contributed by atoms with Crippen LogP contribution in [0.1, 0.15) is 42.0 Å². The van der Waals surface area contributed by atoms with Crippen molar-refractivity contribution in [3.05, 3.63) is 71.3 Å². The molecule has 0 spiro atoms. The molecule has 1 aliphatic rings. The van der Waals surface area contributed by atoms with Gasteiger partial charge in [-0.3, -0.25) is 9.59 Å². The maximum absolute atomic E-state index is 13.3. The zero-order chi connectivity index (χ0) is 21.0. The van der Waals surface area contributed by atoms with E-state index in [-0.39, 0.29) is 18.0 Å². The van der Waals surface area contributed by atoms with E-state index in [0.29, 0.717) is 18.5 Å². The summed E-state index contributed by atoms with van der Waals surface area (Å²) < 4.78 is 39.9. The molecule has 0 aromatic heterocycles. The van der Waals surface area contributed by atoms with E-state index in [1.807, 2.05) is 6.07 Å². The van der Waals surface area contributed by atoms with Crippen molar-refractivity contribution in [3.8, 4) is 0 Å². The highest BCUT2D eigenvalue weighted by Gasteiger charge is 2.36. The zero-order valence-electron chi connectivity index (χ0n) is 16.2. The molecule has 0 N–H and O–H groups in total. The van der Waals surface area contributed by atoms with Gasteiger partial charge in [0.05, 0.1) is 5.56 Å². The molecule has 7 heteroatoms. The van der Waals surface area contributed by atoms with E-state index >= 15 is 0 Å². The van der Waals surface area contributed by atoms with Gasteiger partial charge in [0.25, 0.3) is 0 Å². The number of alkyl halides is 3. The Bertz CT molecular complexity index is 868. The fraction of sp³-hybridized carbons (Fsp3) is 0.364. The first-order valence-corrected chi connectivity index (χ1v) is 9.53. The second-order valence-corrected chi connectivity index (χ2v) is 7.21. The number of likely N-dealkylation sites (tertiary alicyclic amines) is 1. The van der Waals surface area contributed by atoms with Crippen LogP contribution in [-0.4, -0.2) is 35.2 Å². The van der Waals surface area contributed by atoms with Crippen LogP contribution >= 0.6 is 0 Å². The second kappa shape index (κ2) is 8.68. The maximum atomic E-state index is 13.3. The van der Waals surface area contributed by atoms with Crippen LogP contribution in [-0.2, 0) is 22.3 Å². The number of likely N-dealkylation sites (N-methyl/N-ethyl adjacent to an activating group) is 1. The molecule has 1 atom stereocenters. The lowest BCUT2D eigenvalue weighted by Gasteiger charge is -2.36.